The highest BCUT2D eigenvalue weighted by atomic mass is 35.5. The van der Waals surface area contributed by atoms with Gasteiger partial charge in [-0.05, 0) is 55.7 Å². The largest absolute Gasteiger partial charge is 0.248 e. The average molecular weight is 619 g/mol. The molecule has 0 spiro atoms. The first kappa shape index (κ1) is 26.3. The first-order chi connectivity index (χ1) is 19.9. The van der Waals surface area contributed by atoms with Crippen molar-refractivity contribution < 1.29 is 0 Å². The molecule has 6 aromatic rings. The van der Waals surface area contributed by atoms with Crippen LogP contribution in [0.25, 0.3) is 27.6 Å². The lowest BCUT2D eigenvalue weighted by atomic mass is 9.96. The molecule has 204 valence electrons. The van der Waals surface area contributed by atoms with Crippen molar-refractivity contribution in [1.82, 2.24) is 34.7 Å². The molecular formula is C30H22Cl3N7S. The fourth-order valence-corrected chi connectivity index (χ4v) is 6.85. The average Bonchev–Trinajstić information content (AvgIpc) is 3.29. The molecule has 3 heterocycles. The van der Waals surface area contributed by atoms with Gasteiger partial charge in [-0.3, -0.25) is 0 Å². The predicted octanol–water partition coefficient (Wildman–Crippen LogP) is 8.05. The zero-order valence-corrected chi connectivity index (χ0v) is 24.9. The minimum Gasteiger partial charge on any atom is -0.248 e. The normalized spacial score (nSPS) is 14.0. The van der Waals surface area contributed by atoms with Gasteiger partial charge in [0.2, 0.25) is 0 Å². The van der Waals surface area contributed by atoms with E-state index in [0.29, 0.717) is 33.0 Å². The van der Waals surface area contributed by atoms with E-state index < -0.39 is 0 Å². The fraction of sp³-hybridized carbons (Fsp3) is 0.167. The Kier molecular flexibility index (Phi) is 6.66. The molecule has 3 aromatic heterocycles. The van der Waals surface area contributed by atoms with Gasteiger partial charge in [0.05, 0.1) is 22.9 Å². The van der Waals surface area contributed by atoms with E-state index in [2.05, 4.69) is 41.3 Å². The summed E-state index contributed by atoms with van der Waals surface area (Å²) < 4.78 is 3.61. The van der Waals surface area contributed by atoms with E-state index in [1.807, 2.05) is 35.0 Å². The summed E-state index contributed by atoms with van der Waals surface area (Å²) in [5.74, 6) is 0. The highest BCUT2D eigenvalue weighted by Crippen LogP contribution is 2.55. The molecule has 0 saturated heterocycles. The van der Waals surface area contributed by atoms with Crippen molar-refractivity contribution in [2.24, 2.45) is 0 Å². The molecule has 0 unspecified atom stereocenters. The molecule has 3 aromatic carbocycles. The maximum atomic E-state index is 6.73. The number of halogens is 3. The summed E-state index contributed by atoms with van der Waals surface area (Å²) in [6.45, 7) is 2.51. The lowest BCUT2D eigenvalue weighted by Gasteiger charge is -2.12. The van der Waals surface area contributed by atoms with Gasteiger partial charge in [0, 0.05) is 26.6 Å². The Labute approximate surface area is 255 Å². The highest BCUT2D eigenvalue weighted by Gasteiger charge is 2.49. The molecule has 41 heavy (non-hydrogen) atoms. The van der Waals surface area contributed by atoms with E-state index in [9.17, 15) is 0 Å². The van der Waals surface area contributed by atoms with E-state index in [1.165, 1.54) is 17.5 Å². The van der Waals surface area contributed by atoms with Crippen LogP contribution < -0.4 is 0 Å². The number of nitrogens with zero attached hydrogens (tertiary/aromatic N) is 7. The second-order valence-electron chi connectivity index (χ2n) is 10.1. The van der Waals surface area contributed by atoms with Gasteiger partial charge in [-0.15, -0.1) is 10.2 Å². The Morgan fingerprint density at radius 1 is 0.902 bits per heavy atom. The standard InChI is InChI=1S/C30H22Cl3N7S/c1-18-2-6-20(7-3-18)30(12-13-30)29-37-36-28(41-29)26-23(15-39-17-34-16-35-39)27(19-4-8-21(31)9-5-19)40(38-26)25-11-10-22(32)14-24(25)33/h2-11,14,16-17H,12-13,15H2,1H3. The number of aryl methyl sites for hydroxylation is 1. The SMILES string of the molecule is Cc1ccc(C2(c3nnc(-c4nn(-c5ccc(Cl)cc5Cl)c(-c5ccc(Cl)cc5)c4Cn4cncn4)s3)CC2)cc1. The van der Waals surface area contributed by atoms with Gasteiger partial charge in [0.25, 0.3) is 0 Å². The van der Waals surface area contributed by atoms with Crippen LogP contribution in [0.2, 0.25) is 15.1 Å². The molecule has 0 amide bonds. The topological polar surface area (TPSA) is 74.3 Å². The summed E-state index contributed by atoms with van der Waals surface area (Å²) in [5.41, 5.74) is 6.47. The summed E-state index contributed by atoms with van der Waals surface area (Å²) in [4.78, 5) is 4.15. The van der Waals surface area contributed by atoms with Crippen molar-refractivity contribution in [3.8, 4) is 27.6 Å². The van der Waals surface area contributed by atoms with Gasteiger partial charge in [-0.2, -0.15) is 10.2 Å². The van der Waals surface area contributed by atoms with Crippen LogP contribution in [0.4, 0.5) is 0 Å². The number of aromatic nitrogens is 7. The lowest BCUT2D eigenvalue weighted by Crippen LogP contribution is -2.08. The van der Waals surface area contributed by atoms with Crippen molar-refractivity contribution in [2.75, 3.05) is 0 Å². The van der Waals surface area contributed by atoms with Gasteiger partial charge in [-0.1, -0.05) is 88.1 Å². The summed E-state index contributed by atoms with van der Waals surface area (Å²) in [6, 6.07) is 21.8. The Morgan fingerprint density at radius 2 is 1.66 bits per heavy atom. The monoisotopic (exact) mass is 617 g/mol. The van der Waals surface area contributed by atoms with Crippen molar-refractivity contribution in [3.63, 3.8) is 0 Å². The second kappa shape index (κ2) is 10.4. The summed E-state index contributed by atoms with van der Waals surface area (Å²) in [7, 11) is 0. The quantitative estimate of drug-likeness (QED) is 0.181. The third-order valence-corrected chi connectivity index (χ3v) is 9.34. The molecule has 7 nitrogen and oxygen atoms in total. The van der Waals surface area contributed by atoms with Crippen molar-refractivity contribution in [1.29, 1.82) is 0 Å². The third kappa shape index (κ3) is 4.85. The molecular weight excluding hydrogens is 597 g/mol. The van der Waals surface area contributed by atoms with Crippen LogP contribution in [0, 0.1) is 6.92 Å². The Morgan fingerprint density at radius 3 is 2.34 bits per heavy atom. The minimum absolute atomic E-state index is 0.100. The first-order valence-electron chi connectivity index (χ1n) is 13.0. The summed E-state index contributed by atoms with van der Waals surface area (Å²) in [5, 5.41) is 22.3. The molecule has 1 aliphatic rings. The van der Waals surface area contributed by atoms with Gasteiger partial charge in [-0.25, -0.2) is 14.3 Å². The van der Waals surface area contributed by atoms with Gasteiger partial charge < -0.3 is 0 Å². The summed E-state index contributed by atoms with van der Waals surface area (Å²) in [6.07, 6.45) is 5.29. The van der Waals surface area contributed by atoms with Crippen molar-refractivity contribution >= 4 is 46.1 Å². The van der Waals surface area contributed by atoms with Crippen LogP contribution in [0.1, 0.15) is 34.5 Å². The van der Waals surface area contributed by atoms with Crippen molar-refractivity contribution in [2.45, 2.75) is 31.7 Å². The first-order valence-corrected chi connectivity index (χ1v) is 14.9. The minimum atomic E-state index is -0.100. The van der Waals surface area contributed by atoms with Crippen LogP contribution in [-0.4, -0.2) is 34.7 Å². The van der Waals surface area contributed by atoms with Gasteiger partial charge >= 0.3 is 0 Å². The Balaban J connectivity index is 1.43. The molecule has 0 bridgehead atoms. The molecule has 0 atom stereocenters. The second-order valence-corrected chi connectivity index (χ2v) is 12.4. The Hall–Kier alpha value is -3.56. The summed E-state index contributed by atoms with van der Waals surface area (Å²) >= 11 is 20.8. The zero-order chi connectivity index (χ0) is 28.1. The smallest absolute Gasteiger partial charge is 0.168 e. The molecule has 0 aliphatic heterocycles. The maximum absolute atomic E-state index is 6.73. The van der Waals surface area contributed by atoms with Crippen molar-refractivity contribution in [3.05, 3.63) is 116 Å². The maximum Gasteiger partial charge on any atom is 0.168 e. The number of benzene rings is 3. The van der Waals surface area contributed by atoms with E-state index >= 15 is 0 Å². The molecule has 7 rings (SSSR count). The molecule has 0 radical (unpaired) electrons. The predicted molar refractivity (Wildman–Crippen MR) is 163 cm³/mol. The molecule has 1 fully saturated rings. The van der Waals surface area contributed by atoms with Crippen LogP contribution in [0.3, 0.4) is 0 Å². The molecule has 11 heteroatoms. The van der Waals surface area contributed by atoms with Crippen LogP contribution in [-0.2, 0) is 12.0 Å². The van der Waals surface area contributed by atoms with Gasteiger partial charge in [0.15, 0.2) is 5.01 Å². The lowest BCUT2D eigenvalue weighted by molar-refractivity contribution is 0.686. The molecule has 1 aliphatic carbocycles. The van der Waals surface area contributed by atoms with E-state index in [0.717, 1.165) is 39.7 Å². The Bertz CT molecular complexity index is 1860. The number of hydrogen-bond acceptors (Lipinski definition) is 6. The molecule has 1 saturated carbocycles. The number of rotatable bonds is 7. The van der Waals surface area contributed by atoms with E-state index in [1.54, 1.807) is 34.5 Å². The van der Waals surface area contributed by atoms with Crippen LogP contribution in [0.15, 0.2) is 79.4 Å². The van der Waals surface area contributed by atoms with E-state index in [-0.39, 0.29) is 5.41 Å². The van der Waals surface area contributed by atoms with E-state index in [4.69, 9.17) is 50.1 Å². The van der Waals surface area contributed by atoms with Gasteiger partial charge in [0.1, 0.15) is 23.4 Å². The highest BCUT2D eigenvalue weighted by molar-refractivity contribution is 7.14. The molecule has 0 N–H and O–H groups in total. The number of hydrogen-bond donors (Lipinski definition) is 0. The fourth-order valence-electron chi connectivity index (χ4n) is 5.12. The van der Waals surface area contributed by atoms with Crippen LogP contribution in [0.5, 0.6) is 0 Å². The van der Waals surface area contributed by atoms with Crippen LogP contribution >= 0.6 is 46.1 Å². The third-order valence-electron chi connectivity index (χ3n) is 7.42. The zero-order valence-electron chi connectivity index (χ0n) is 21.8.